The second-order valence-corrected chi connectivity index (χ2v) is 7.14. The highest BCUT2D eigenvalue weighted by Crippen LogP contribution is 2.27. The molecule has 2 aromatic rings. The average molecular weight is 398 g/mol. The third kappa shape index (κ3) is 5.12. The van der Waals surface area contributed by atoms with Crippen molar-refractivity contribution in [2.24, 2.45) is 0 Å². The van der Waals surface area contributed by atoms with Gasteiger partial charge in [0.15, 0.2) is 5.11 Å². The Labute approximate surface area is 159 Å². The Hall–Kier alpha value is -1.77. The van der Waals surface area contributed by atoms with Crippen LogP contribution in [-0.2, 0) is 4.74 Å². The number of alkyl halides is 2. The molecule has 2 aromatic carbocycles. The van der Waals surface area contributed by atoms with Crippen LogP contribution in [0.1, 0.15) is 11.7 Å². The predicted octanol–water partition coefficient (Wildman–Crippen LogP) is 4.91. The summed E-state index contributed by atoms with van der Waals surface area (Å²) < 4.78 is 43.6. The van der Waals surface area contributed by atoms with Crippen LogP contribution in [0.15, 0.2) is 53.4 Å². The summed E-state index contributed by atoms with van der Waals surface area (Å²) in [4.78, 5) is 2.48. The van der Waals surface area contributed by atoms with Crippen molar-refractivity contribution in [2.45, 2.75) is 16.8 Å². The number of rotatable bonds is 4. The molecule has 3 nitrogen and oxygen atoms in total. The number of hydrogen-bond donors (Lipinski definition) is 1. The molecular formula is C18H17F3N2OS2. The lowest BCUT2D eigenvalue weighted by molar-refractivity contribution is -0.00616. The molecule has 1 aliphatic rings. The van der Waals surface area contributed by atoms with Gasteiger partial charge in [-0.05, 0) is 54.2 Å². The monoisotopic (exact) mass is 398 g/mol. The molecule has 138 valence electrons. The first-order chi connectivity index (χ1) is 12.5. The Morgan fingerprint density at radius 3 is 2.50 bits per heavy atom. The van der Waals surface area contributed by atoms with E-state index in [0.29, 0.717) is 41.5 Å². The molecule has 1 N–H and O–H groups in total. The molecule has 0 bridgehead atoms. The Kier molecular flexibility index (Phi) is 6.39. The summed E-state index contributed by atoms with van der Waals surface area (Å²) in [6, 6.07) is 12.9. The maximum atomic E-state index is 13.1. The quantitative estimate of drug-likeness (QED) is 0.583. The van der Waals surface area contributed by atoms with Gasteiger partial charge in [-0.15, -0.1) is 0 Å². The highest BCUT2D eigenvalue weighted by Gasteiger charge is 2.23. The Morgan fingerprint density at radius 2 is 1.85 bits per heavy atom. The van der Waals surface area contributed by atoms with Gasteiger partial charge in [0.25, 0.3) is 5.76 Å². The van der Waals surface area contributed by atoms with Crippen LogP contribution in [0.3, 0.4) is 0 Å². The zero-order valence-electron chi connectivity index (χ0n) is 13.7. The van der Waals surface area contributed by atoms with Crippen molar-refractivity contribution in [1.29, 1.82) is 0 Å². The molecule has 0 spiro atoms. The number of thiocarbonyl (C=S) groups is 1. The summed E-state index contributed by atoms with van der Waals surface area (Å²) in [5.74, 6) is -2.72. The summed E-state index contributed by atoms with van der Waals surface area (Å²) >= 11 is 5.96. The van der Waals surface area contributed by atoms with E-state index < -0.39 is 5.76 Å². The fourth-order valence-corrected chi connectivity index (χ4v) is 3.42. The van der Waals surface area contributed by atoms with E-state index >= 15 is 0 Å². The number of halogens is 3. The molecule has 1 saturated heterocycles. The van der Waals surface area contributed by atoms with E-state index in [2.05, 4.69) is 5.32 Å². The number of morpholine rings is 1. The van der Waals surface area contributed by atoms with E-state index in [9.17, 15) is 13.2 Å². The van der Waals surface area contributed by atoms with Crippen LogP contribution in [0.4, 0.5) is 18.9 Å². The van der Waals surface area contributed by atoms with Gasteiger partial charge >= 0.3 is 0 Å². The second kappa shape index (κ2) is 8.75. The summed E-state index contributed by atoms with van der Waals surface area (Å²) in [5.41, 5.74) is 1.63. The summed E-state index contributed by atoms with van der Waals surface area (Å²) in [5, 5.41) is 3.66. The predicted molar refractivity (Wildman–Crippen MR) is 101 cm³/mol. The Balaban J connectivity index is 1.59. The number of thioether (sulfide) groups is 1. The lowest BCUT2D eigenvalue weighted by Crippen LogP contribution is -2.44. The van der Waals surface area contributed by atoms with Crippen molar-refractivity contribution in [3.63, 3.8) is 0 Å². The number of nitrogens with one attached hydrogen (secondary N) is 1. The van der Waals surface area contributed by atoms with Gasteiger partial charge in [-0.25, -0.2) is 4.39 Å². The number of benzene rings is 2. The molecule has 0 radical (unpaired) electrons. The van der Waals surface area contributed by atoms with E-state index in [4.69, 9.17) is 17.0 Å². The molecule has 1 atom stereocenters. The number of anilines is 1. The van der Waals surface area contributed by atoms with Crippen molar-refractivity contribution in [3.05, 3.63) is 59.9 Å². The van der Waals surface area contributed by atoms with E-state index in [1.54, 1.807) is 36.4 Å². The standard InChI is InChI=1S/C18H17F3N2OS2/c19-13-3-1-12(2-4-13)16-11-23(9-10-24-16)18(25)22-14-5-7-15(8-6-14)26-17(20)21/h1-8,16-17H,9-11H2,(H,22,25)/t16-/m0/s1. The van der Waals surface area contributed by atoms with Crippen LogP contribution in [0.5, 0.6) is 0 Å². The van der Waals surface area contributed by atoms with E-state index in [-0.39, 0.29) is 11.9 Å². The molecule has 0 aliphatic carbocycles. The van der Waals surface area contributed by atoms with Crippen molar-refractivity contribution in [2.75, 3.05) is 25.0 Å². The molecule has 26 heavy (non-hydrogen) atoms. The van der Waals surface area contributed by atoms with Crippen LogP contribution in [0.2, 0.25) is 0 Å². The number of nitrogens with zero attached hydrogens (tertiary/aromatic N) is 1. The molecule has 0 saturated carbocycles. The third-order valence-corrected chi connectivity index (χ3v) is 5.01. The van der Waals surface area contributed by atoms with Gasteiger partial charge in [0.2, 0.25) is 0 Å². The number of hydrogen-bond acceptors (Lipinski definition) is 3. The van der Waals surface area contributed by atoms with Crippen molar-refractivity contribution in [3.8, 4) is 0 Å². The molecule has 0 amide bonds. The van der Waals surface area contributed by atoms with Crippen LogP contribution in [0.25, 0.3) is 0 Å². The number of ether oxygens (including phenoxy) is 1. The maximum Gasteiger partial charge on any atom is 0.288 e. The molecule has 8 heteroatoms. The Morgan fingerprint density at radius 1 is 1.15 bits per heavy atom. The molecule has 1 heterocycles. The fraction of sp³-hybridized carbons (Fsp3) is 0.278. The summed E-state index contributed by atoms with van der Waals surface area (Å²) in [7, 11) is 0. The topological polar surface area (TPSA) is 24.5 Å². The first-order valence-corrected chi connectivity index (χ1v) is 9.28. The highest BCUT2D eigenvalue weighted by atomic mass is 32.2. The molecule has 0 unspecified atom stereocenters. The smallest absolute Gasteiger partial charge is 0.288 e. The molecule has 0 aromatic heterocycles. The second-order valence-electron chi connectivity index (χ2n) is 5.69. The minimum Gasteiger partial charge on any atom is -0.370 e. The summed E-state index contributed by atoms with van der Waals surface area (Å²) in [6.45, 7) is 1.70. The molecule has 1 aliphatic heterocycles. The first-order valence-electron chi connectivity index (χ1n) is 7.99. The van der Waals surface area contributed by atoms with Gasteiger partial charge in [0.1, 0.15) is 11.9 Å². The van der Waals surface area contributed by atoms with Crippen LogP contribution in [-0.4, -0.2) is 35.5 Å². The van der Waals surface area contributed by atoms with E-state index in [1.165, 1.54) is 12.1 Å². The van der Waals surface area contributed by atoms with Crippen molar-refractivity contribution >= 4 is 34.8 Å². The minimum atomic E-state index is -2.44. The van der Waals surface area contributed by atoms with E-state index in [0.717, 1.165) is 11.3 Å². The molecule has 1 fully saturated rings. The van der Waals surface area contributed by atoms with Gasteiger partial charge in [-0.3, -0.25) is 0 Å². The largest absolute Gasteiger partial charge is 0.370 e. The van der Waals surface area contributed by atoms with Gasteiger partial charge in [0, 0.05) is 17.1 Å². The Bertz CT molecular complexity index is 741. The molecular weight excluding hydrogens is 381 g/mol. The van der Waals surface area contributed by atoms with Gasteiger partial charge in [0.05, 0.1) is 13.2 Å². The normalized spacial score (nSPS) is 17.4. The lowest BCUT2D eigenvalue weighted by Gasteiger charge is -2.35. The SMILES string of the molecule is Fc1ccc([C@@H]2CN(C(=S)Nc3ccc(SC(F)F)cc3)CCO2)cc1. The van der Waals surface area contributed by atoms with Gasteiger partial charge < -0.3 is 15.0 Å². The van der Waals surface area contributed by atoms with Crippen molar-refractivity contribution < 1.29 is 17.9 Å². The summed E-state index contributed by atoms with van der Waals surface area (Å²) in [6.07, 6.45) is -0.186. The van der Waals surface area contributed by atoms with Gasteiger partial charge in [-0.1, -0.05) is 23.9 Å². The highest BCUT2D eigenvalue weighted by molar-refractivity contribution is 7.99. The van der Waals surface area contributed by atoms with Crippen molar-refractivity contribution in [1.82, 2.24) is 4.90 Å². The average Bonchev–Trinajstić information content (AvgIpc) is 2.63. The molecule has 3 rings (SSSR count). The van der Waals surface area contributed by atoms with Crippen LogP contribution >= 0.6 is 24.0 Å². The maximum absolute atomic E-state index is 13.1. The lowest BCUT2D eigenvalue weighted by atomic mass is 10.1. The first kappa shape index (κ1) is 19.0. The third-order valence-electron chi connectivity index (χ3n) is 3.93. The zero-order chi connectivity index (χ0) is 18.5. The van der Waals surface area contributed by atoms with Gasteiger partial charge in [-0.2, -0.15) is 8.78 Å². The van der Waals surface area contributed by atoms with Crippen LogP contribution in [0, 0.1) is 5.82 Å². The van der Waals surface area contributed by atoms with Crippen LogP contribution < -0.4 is 5.32 Å². The minimum absolute atomic E-state index is 0.186. The zero-order valence-corrected chi connectivity index (χ0v) is 15.3. The van der Waals surface area contributed by atoms with E-state index in [1.807, 2.05) is 4.90 Å². The fourth-order valence-electron chi connectivity index (χ4n) is 2.64.